The van der Waals surface area contributed by atoms with Crippen LogP contribution in [0.25, 0.3) is 27.8 Å². The topological polar surface area (TPSA) is 149 Å². The first-order valence-corrected chi connectivity index (χ1v) is 13.2. The Morgan fingerprint density at radius 1 is 1.05 bits per heavy atom. The first kappa shape index (κ1) is 27.6. The van der Waals surface area contributed by atoms with Crippen molar-refractivity contribution in [2.75, 3.05) is 6.26 Å². The Hall–Kier alpha value is -4.93. The molecule has 0 bridgehead atoms. The minimum atomic E-state index is -4.93. The molecule has 2 aromatic carbocycles. The number of nitrogens with zero attached hydrogens (tertiary/aromatic N) is 4. The molecule has 0 fully saturated rings. The third-order valence-electron chi connectivity index (χ3n) is 5.95. The lowest BCUT2D eigenvalue weighted by atomic mass is 10.1. The number of aromatic amines is 1. The fourth-order valence-electron chi connectivity index (χ4n) is 4.33. The molecule has 0 unspecified atom stereocenters. The van der Waals surface area contributed by atoms with Crippen LogP contribution in [0.5, 0.6) is 0 Å². The number of alkyl halides is 3. The zero-order valence-electron chi connectivity index (χ0n) is 20.5. The van der Waals surface area contributed by atoms with E-state index in [0.717, 1.165) is 41.2 Å². The number of rotatable bonds is 5. The van der Waals surface area contributed by atoms with Gasteiger partial charge in [0.2, 0.25) is 10.0 Å². The number of halogens is 5. The van der Waals surface area contributed by atoms with Crippen LogP contribution >= 0.6 is 0 Å². The number of H-pyrrole nitrogens is 1. The summed E-state index contributed by atoms with van der Waals surface area (Å²) in [5.41, 5.74) is -6.64. The second kappa shape index (κ2) is 9.61. The summed E-state index contributed by atoms with van der Waals surface area (Å²) in [7, 11) is -4.32. The average molecular weight is 594 g/mol. The summed E-state index contributed by atoms with van der Waals surface area (Å²) in [5.74, 6) is -3.33. The first-order valence-electron chi connectivity index (χ1n) is 11.3. The van der Waals surface area contributed by atoms with Crippen molar-refractivity contribution in [1.29, 1.82) is 0 Å². The van der Waals surface area contributed by atoms with Gasteiger partial charge in [-0.15, -0.1) is 0 Å². The zero-order valence-corrected chi connectivity index (χ0v) is 21.3. The van der Waals surface area contributed by atoms with Crippen LogP contribution in [0.4, 0.5) is 22.0 Å². The van der Waals surface area contributed by atoms with Crippen LogP contribution in [0.3, 0.4) is 0 Å². The number of hydrogen-bond acceptors (Lipinski definition) is 7. The molecule has 5 aromatic rings. The van der Waals surface area contributed by atoms with Crippen LogP contribution in [-0.2, 0) is 22.7 Å². The zero-order chi connectivity index (χ0) is 29.9. The monoisotopic (exact) mass is 594 g/mol. The van der Waals surface area contributed by atoms with Crippen molar-refractivity contribution >= 4 is 38.0 Å². The molecule has 212 valence electrons. The lowest BCUT2D eigenvalue weighted by molar-refractivity contribution is -0.137. The number of carbonyl (C=O) groups is 1. The molecule has 0 atom stereocenters. The summed E-state index contributed by atoms with van der Waals surface area (Å²) in [5, 5.41) is -0.508. The average Bonchev–Trinajstić information content (AvgIpc) is 3.18. The summed E-state index contributed by atoms with van der Waals surface area (Å²) in [6, 6.07) is 4.38. The van der Waals surface area contributed by atoms with Crippen molar-refractivity contribution in [2.45, 2.75) is 12.7 Å². The predicted molar refractivity (Wildman–Crippen MR) is 134 cm³/mol. The van der Waals surface area contributed by atoms with Gasteiger partial charge in [-0.3, -0.25) is 14.6 Å². The van der Waals surface area contributed by atoms with Crippen molar-refractivity contribution < 1.29 is 35.2 Å². The maximum absolute atomic E-state index is 14.7. The molecule has 3 aromatic heterocycles. The van der Waals surface area contributed by atoms with Crippen LogP contribution in [0.15, 0.2) is 58.4 Å². The molecule has 0 saturated heterocycles. The van der Waals surface area contributed by atoms with Gasteiger partial charge < -0.3 is 4.57 Å². The highest BCUT2D eigenvalue weighted by atomic mass is 32.2. The highest BCUT2D eigenvalue weighted by Crippen LogP contribution is 2.36. The Labute approximate surface area is 224 Å². The number of aromatic nitrogens is 5. The van der Waals surface area contributed by atoms with E-state index < -0.39 is 79.4 Å². The van der Waals surface area contributed by atoms with E-state index in [2.05, 4.69) is 15.0 Å². The van der Waals surface area contributed by atoms with E-state index in [1.807, 2.05) is 0 Å². The van der Waals surface area contributed by atoms with Gasteiger partial charge in [0.15, 0.2) is 11.2 Å². The lowest BCUT2D eigenvalue weighted by Gasteiger charge is -2.13. The number of fused-ring (bicyclic) bond motifs is 2. The van der Waals surface area contributed by atoms with Crippen molar-refractivity contribution in [3.05, 3.63) is 98.1 Å². The molecule has 0 spiro atoms. The van der Waals surface area contributed by atoms with E-state index in [-0.39, 0.29) is 16.7 Å². The molecule has 0 saturated carbocycles. The van der Waals surface area contributed by atoms with Gasteiger partial charge in [0, 0.05) is 23.3 Å². The van der Waals surface area contributed by atoms with Gasteiger partial charge in [0.1, 0.15) is 17.3 Å². The minimum absolute atomic E-state index is 0.249. The fourth-order valence-corrected chi connectivity index (χ4v) is 4.76. The van der Waals surface area contributed by atoms with Gasteiger partial charge in [-0.05, 0) is 36.4 Å². The molecule has 0 aliphatic carbocycles. The molecule has 0 radical (unpaired) electrons. The highest BCUT2D eigenvalue weighted by Gasteiger charge is 2.34. The third kappa shape index (κ3) is 5.06. The predicted octanol–water partition coefficient (Wildman–Crippen LogP) is 2.46. The molecule has 11 nitrogen and oxygen atoms in total. The molecule has 3 heterocycles. The van der Waals surface area contributed by atoms with Gasteiger partial charge >= 0.3 is 11.9 Å². The van der Waals surface area contributed by atoms with Crippen LogP contribution in [0, 0.1) is 11.6 Å². The number of carbonyl (C=O) groups excluding carboxylic acids is 1. The van der Waals surface area contributed by atoms with E-state index >= 15 is 0 Å². The van der Waals surface area contributed by atoms with Crippen LogP contribution in [0.2, 0.25) is 0 Å². The molecule has 0 aliphatic rings. The second-order valence-corrected chi connectivity index (χ2v) is 10.5. The SMILES string of the molecule is CS(=O)(=O)NC(=O)c1c(-n2c(=O)[nH]c3nccnc3c2=O)c2cc(C(F)(F)F)ccc2n1Cc1cc(F)ccc1F. The van der Waals surface area contributed by atoms with Crippen molar-refractivity contribution in [1.82, 2.24) is 28.8 Å². The maximum Gasteiger partial charge on any atom is 0.416 e. The largest absolute Gasteiger partial charge is 0.416 e. The van der Waals surface area contributed by atoms with Gasteiger partial charge in [0.25, 0.3) is 11.5 Å². The first-order chi connectivity index (χ1) is 19.2. The quantitative estimate of drug-likeness (QED) is 0.297. The molecule has 17 heteroatoms. The Balaban J connectivity index is 1.97. The van der Waals surface area contributed by atoms with Gasteiger partial charge in [0.05, 0.1) is 29.6 Å². The van der Waals surface area contributed by atoms with Crippen molar-refractivity contribution in [2.24, 2.45) is 0 Å². The van der Waals surface area contributed by atoms with Gasteiger partial charge in [-0.1, -0.05) is 0 Å². The number of benzene rings is 2. The number of nitrogens with one attached hydrogen (secondary N) is 2. The molecule has 5 rings (SSSR count). The van der Waals surface area contributed by atoms with Crippen LogP contribution < -0.4 is 16.0 Å². The summed E-state index contributed by atoms with van der Waals surface area (Å²) < 4.78 is 96.7. The number of amides is 1. The van der Waals surface area contributed by atoms with Gasteiger partial charge in [-0.25, -0.2) is 41.3 Å². The standard InChI is InChI=1S/C24H15F5N6O5S/c1-41(39,40)33-21(36)19-18(35-22(37)17-20(32-23(35)38)31-7-6-30-17)14-9-12(24(27,28)29)2-5-16(14)34(19)10-11-8-13(25)3-4-15(11)26/h2-9H,10H2,1H3,(H,33,36)(H,31,32,38). The van der Waals surface area contributed by atoms with E-state index in [9.17, 15) is 44.8 Å². The molecular weight excluding hydrogens is 579 g/mol. The molecule has 0 aliphatic heterocycles. The van der Waals surface area contributed by atoms with E-state index in [1.54, 1.807) is 4.72 Å². The summed E-state index contributed by atoms with van der Waals surface area (Å²) in [6.07, 6.45) is -2.07. The molecular formula is C24H15F5N6O5S. The Bertz CT molecular complexity index is 2120. The number of hydrogen-bond donors (Lipinski definition) is 2. The Kier molecular flexibility index (Phi) is 6.48. The van der Waals surface area contributed by atoms with Crippen molar-refractivity contribution in [3.8, 4) is 5.69 Å². The smallest absolute Gasteiger partial charge is 0.330 e. The van der Waals surface area contributed by atoms with E-state index in [4.69, 9.17) is 0 Å². The minimum Gasteiger partial charge on any atom is -0.330 e. The van der Waals surface area contributed by atoms with E-state index in [0.29, 0.717) is 23.0 Å². The number of sulfonamides is 1. The molecule has 41 heavy (non-hydrogen) atoms. The van der Waals surface area contributed by atoms with Crippen LogP contribution in [0.1, 0.15) is 21.6 Å². The molecule has 2 N–H and O–H groups in total. The van der Waals surface area contributed by atoms with E-state index in [1.165, 1.54) is 0 Å². The summed E-state index contributed by atoms with van der Waals surface area (Å²) in [6.45, 7) is -0.724. The fraction of sp³-hybridized carbons (Fsp3) is 0.125. The normalized spacial score (nSPS) is 12.2. The second-order valence-electron chi connectivity index (χ2n) is 8.78. The molecule has 1 amide bonds. The van der Waals surface area contributed by atoms with Gasteiger partial charge in [-0.2, -0.15) is 13.2 Å². The Morgan fingerprint density at radius 3 is 2.44 bits per heavy atom. The summed E-state index contributed by atoms with van der Waals surface area (Å²) in [4.78, 5) is 49.9. The lowest BCUT2D eigenvalue weighted by Crippen LogP contribution is -2.37. The Morgan fingerprint density at radius 2 is 1.76 bits per heavy atom. The van der Waals surface area contributed by atoms with Crippen molar-refractivity contribution in [3.63, 3.8) is 0 Å². The third-order valence-corrected chi connectivity index (χ3v) is 6.51. The maximum atomic E-state index is 14.7. The highest BCUT2D eigenvalue weighted by molar-refractivity contribution is 7.89. The summed E-state index contributed by atoms with van der Waals surface area (Å²) >= 11 is 0. The van der Waals surface area contributed by atoms with Crippen LogP contribution in [-0.4, -0.2) is 44.7 Å².